The molecule has 9 nitrogen and oxygen atoms in total. The van der Waals surface area contributed by atoms with E-state index >= 15 is 0 Å². The highest BCUT2D eigenvalue weighted by Gasteiger charge is 2.32. The second-order valence-electron chi connectivity index (χ2n) is 7.16. The van der Waals surface area contributed by atoms with Crippen molar-refractivity contribution in [3.8, 4) is 5.82 Å². The molecule has 1 amide bonds. The first-order chi connectivity index (χ1) is 14.6. The summed E-state index contributed by atoms with van der Waals surface area (Å²) in [6, 6.07) is 2.95. The summed E-state index contributed by atoms with van der Waals surface area (Å²) in [5.74, 6) is 1.16. The fraction of sp³-hybridized carbons (Fsp3) is 0.316. The van der Waals surface area contributed by atoms with Crippen molar-refractivity contribution in [2.45, 2.75) is 32.6 Å². The van der Waals surface area contributed by atoms with Crippen LogP contribution in [0.3, 0.4) is 0 Å². The van der Waals surface area contributed by atoms with Gasteiger partial charge in [0.2, 0.25) is 11.9 Å². The van der Waals surface area contributed by atoms with Gasteiger partial charge in [0.05, 0.1) is 17.5 Å². The standard InChI is InChI=1S/C19H19F3N8O/c1-10-15-16(29(3)11(2)17(31)27-15)28-18(26-10)24-7-12-4-5-14(23-6-12)30-9-13(8-25-30)19(20,21)22/h4-6,8-9,11H,7H2,1-3H3,(H,27,31)(H,24,26,28)/t11-/m0/s1. The summed E-state index contributed by atoms with van der Waals surface area (Å²) >= 11 is 0. The highest BCUT2D eigenvalue weighted by molar-refractivity contribution is 6.03. The summed E-state index contributed by atoms with van der Waals surface area (Å²) < 4.78 is 39.2. The van der Waals surface area contributed by atoms with Crippen molar-refractivity contribution in [3.05, 3.63) is 47.5 Å². The Hall–Kier alpha value is -3.70. The number of nitrogens with zero attached hydrogens (tertiary/aromatic N) is 6. The maximum Gasteiger partial charge on any atom is 0.419 e. The Bertz CT molecular complexity index is 1130. The molecule has 2 N–H and O–H groups in total. The van der Waals surface area contributed by atoms with E-state index in [0.29, 0.717) is 29.7 Å². The van der Waals surface area contributed by atoms with Crippen LogP contribution in [-0.2, 0) is 17.5 Å². The second-order valence-corrected chi connectivity index (χ2v) is 7.16. The molecular formula is C19H19F3N8O. The first-order valence-corrected chi connectivity index (χ1v) is 9.37. The molecule has 0 saturated heterocycles. The average molecular weight is 432 g/mol. The monoisotopic (exact) mass is 432 g/mol. The van der Waals surface area contributed by atoms with E-state index in [2.05, 4.69) is 30.7 Å². The van der Waals surface area contributed by atoms with Crippen LogP contribution in [-0.4, -0.2) is 43.7 Å². The van der Waals surface area contributed by atoms with Gasteiger partial charge in [0.1, 0.15) is 11.7 Å². The van der Waals surface area contributed by atoms with Crippen LogP contribution in [0.4, 0.5) is 30.6 Å². The second kappa shape index (κ2) is 7.52. The number of aromatic nitrogens is 5. The number of halogens is 3. The molecule has 3 aromatic rings. The molecule has 0 fully saturated rings. The SMILES string of the molecule is Cc1nc(NCc2ccc(-n3cc(C(F)(F)F)cn3)nc2)nc2c1NC(=O)[C@H](C)N2C. The van der Waals surface area contributed by atoms with Gasteiger partial charge in [-0.05, 0) is 25.5 Å². The van der Waals surface area contributed by atoms with Crippen molar-refractivity contribution in [1.29, 1.82) is 0 Å². The molecule has 1 atom stereocenters. The number of nitrogens with one attached hydrogen (secondary N) is 2. The number of pyridine rings is 1. The van der Waals surface area contributed by atoms with Crippen LogP contribution >= 0.6 is 0 Å². The lowest BCUT2D eigenvalue weighted by Gasteiger charge is -2.32. The third kappa shape index (κ3) is 4.00. The maximum absolute atomic E-state index is 12.7. The van der Waals surface area contributed by atoms with E-state index in [1.165, 1.54) is 6.20 Å². The fourth-order valence-electron chi connectivity index (χ4n) is 3.06. The smallest absolute Gasteiger partial charge is 0.350 e. The number of aryl methyl sites for hydroxylation is 1. The number of anilines is 3. The Kier molecular flexibility index (Phi) is 4.99. The Morgan fingerprint density at radius 2 is 2.00 bits per heavy atom. The van der Waals surface area contributed by atoms with Crippen molar-refractivity contribution < 1.29 is 18.0 Å². The lowest BCUT2D eigenvalue weighted by molar-refractivity contribution is -0.137. The lowest BCUT2D eigenvalue weighted by Crippen LogP contribution is -2.44. The molecule has 4 rings (SSSR count). The number of alkyl halides is 3. The van der Waals surface area contributed by atoms with E-state index < -0.39 is 11.7 Å². The highest BCUT2D eigenvalue weighted by Crippen LogP contribution is 2.32. The number of amides is 1. The van der Waals surface area contributed by atoms with Gasteiger partial charge in [-0.15, -0.1) is 0 Å². The Morgan fingerprint density at radius 1 is 1.23 bits per heavy atom. The zero-order valence-corrected chi connectivity index (χ0v) is 16.9. The minimum absolute atomic E-state index is 0.117. The van der Waals surface area contributed by atoms with Gasteiger partial charge in [-0.2, -0.15) is 23.3 Å². The third-order valence-corrected chi connectivity index (χ3v) is 5.02. The van der Waals surface area contributed by atoms with E-state index in [0.717, 1.165) is 22.6 Å². The summed E-state index contributed by atoms with van der Waals surface area (Å²) in [5, 5.41) is 9.64. The summed E-state index contributed by atoms with van der Waals surface area (Å²) in [7, 11) is 1.79. The van der Waals surface area contributed by atoms with Crippen LogP contribution < -0.4 is 15.5 Å². The van der Waals surface area contributed by atoms with Crippen molar-refractivity contribution in [2.75, 3.05) is 22.6 Å². The van der Waals surface area contributed by atoms with Gasteiger partial charge in [0, 0.05) is 26.0 Å². The highest BCUT2D eigenvalue weighted by atomic mass is 19.4. The van der Waals surface area contributed by atoms with E-state index in [-0.39, 0.29) is 17.8 Å². The normalized spacial score (nSPS) is 16.1. The molecule has 162 valence electrons. The van der Waals surface area contributed by atoms with Gasteiger partial charge in [0.15, 0.2) is 11.6 Å². The average Bonchev–Trinajstić information content (AvgIpc) is 3.23. The van der Waals surface area contributed by atoms with E-state index in [1.807, 2.05) is 0 Å². The molecule has 31 heavy (non-hydrogen) atoms. The summed E-state index contributed by atoms with van der Waals surface area (Å²) in [6.07, 6.45) is -1.27. The van der Waals surface area contributed by atoms with E-state index in [4.69, 9.17) is 0 Å². The van der Waals surface area contributed by atoms with Gasteiger partial charge in [-0.25, -0.2) is 14.6 Å². The van der Waals surface area contributed by atoms with Gasteiger partial charge >= 0.3 is 6.18 Å². The Morgan fingerprint density at radius 3 is 2.65 bits per heavy atom. The first-order valence-electron chi connectivity index (χ1n) is 9.37. The number of rotatable bonds is 4. The van der Waals surface area contributed by atoms with Crippen molar-refractivity contribution >= 4 is 23.4 Å². The Labute approximate surface area is 175 Å². The third-order valence-electron chi connectivity index (χ3n) is 5.02. The fourth-order valence-corrected chi connectivity index (χ4v) is 3.06. The van der Waals surface area contributed by atoms with Crippen LogP contribution in [0.15, 0.2) is 30.7 Å². The van der Waals surface area contributed by atoms with Crippen molar-refractivity contribution in [1.82, 2.24) is 24.7 Å². The maximum atomic E-state index is 12.7. The minimum atomic E-state index is -4.45. The summed E-state index contributed by atoms with van der Waals surface area (Å²) in [6.45, 7) is 3.92. The zero-order chi connectivity index (χ0) is 22.3. The van der Waals surface area contributed by atoms with Crippen LogP contribution in [0.1, 0.15) is 23.7 Å². The molecule has 0 aromatic carbocycles. The van der Waals surface area contributed by atoms with E-state index in [1.54, 1.807) is 37.9 Å². The molecule has 1 aliphatic heterocycles. The molecule has 0 unspecified atom stereocenters. The number of carbonyl (C=O) groups excluding carboxylic acids is 1. The molecule has 0 radical (unpaired) electrons. The first kappa shape index (κ1) is 20.6. The summed E-state index contributed by atoms with van der Waals surface area (Å²) in [5.41, 5.74) is 1.16. The van der Waals surface area contributed by atoms with Gasteiger partial charge in [0.25, 0.3) is 0 Å². The van der Waals surface area contributed by atoms with Crippen LogP contribution in [0.2, 0.25) is 0 Å². The van der Waals surface area contributed by atoms with Crippen molar-refractivity contribution in [2.24, 2.45) is 0 Å². The zero-order valence-electron chi connectivity index (χ0n) is 16.9. The minimum Gasteiger partial charge on any atom is -0.350 e. The quantitative estimate of drug-likeness (QED) is 0.654. The molecule has 0 aliphatic carbocycles. The molecule has 1 aliphatic rings. The van der Waals surface area contributed by atoms with Crippen molar-refractivity contribution in [3.63, 3.8) is 0 Å². The van der Waals surface area contributed by atoms with Crippen LogP contribution in [0.25, 0.3) is 5.82 Å². The topological polar surface area (TPSA) is 101 Å². The van der Waals surface area contributed by atoms with Gasteiger partial charge in [-0.3, -0.25) is 4.79 Å². The predicted molar refractivity (Wildman–Crippen MR) is 107 cm³/mol. The molecule has 0 saturated carbocycles. The molecular weight excluding hydrogens is 413 g/mol. The van der Waals surface area contributed by atoms with Gasteiger partial charge < -0.3 is 15.5 Å². The number of fused-ring (bicyclic) bond motifs is 1. The van der Waals surface area contributed by atoms with Crippen LogP contribution in [0, 0.1) is 6.92 Å². The molecule has 12 heteroatoms. The number of likely N-dealkylation sites (N-methyl/N-ethyl adjacent to an activating group) is 1. The van der Waals surface area contributed by atoms with Gasteiger partial charge in [-0.1, -0.05) is 6.07 Å². The summed E-state index contributed by atoms with van der Waals surface area (Å²) in [4.78, 5) is 26.8. The van der Waals surface area contributed by atoms with Crippen LogP contribution in [0.5, 0.6) is 0 Å². The molecule has 0 bridgehead atoms. The number of carbonyl (C=O) groups is 1. The number of hydrogen-bond acceptors (Lipinski definition) is 7. The Balaban J connectivity index is 1.47. The lowest BCUT2D eigenvalue weighted by atomic mass is 10.2. The molecule has 0 spiro atoms. The molecule has 4 heterocycles. The largest absolute Gasteiger partial charge is 0.419 e. The predicted octanol–water partition coefficient (Wildman–Crippen LogP) is 2.77. The molecule has 3 aromatic heterocycles. The number of hydrogen-bond donors (Lipinski definition) is 2. The van der Waals surface area contributed by atoms with E-state index in [9.17, 15) is 18.0 Å².